The SMILES string of the molecule is C=C1CC(C(=O)OC)(C(O)c2nc3c(C)cc(Br)cn3n2)C1. The number of carbonyl (C=O) groups excluding carboxylic acids is 1. The molecule has 1 aliphatic rings. The molecular formula is C15H16BrN3O3. The number of allylic oxidation sites excluding steroid dienone is 1. The maximum absolute atomic E-state index is 12.1. The van der Waals surface area contributed by atoms with Gasteiger partial charge in [-0.1, -0.05) is 12.2 Å². The first-order valence-corrected chi connectivity index (χ1v) is 7.62. The van der Waals surface area contributed by atoms with Gasteiger partial charge in [0, 0.05) is 10.7 Å². The van der Waals surface area contributed by atoms with Crippen LogP contribution in [0.1, 0.15) is 30.3 Å². The van der Waals surface area contributed by atoms with Gasteiger partial charge in [-0.2, -0.15) is 0 Å². The summed E-state index contributed by atoms with van der Waals surface area (Å²) in [5, 5.41) is 15.0. The van der Waals surface area contributed by atoms with Crippen molar-refractivity contribution in [1.82, 2.24) is 14.6 Å². The maximum Gasteiger partial charge on any atom is 0.315 e. The van der Waals surface area contributed by atoms with Gasteiger partial charge < -0.3 is 9.84 Å². The molecule has 1 unspecified atom stereocenters. The summed E-state index contributed by atoms with van der Waals surface area (Å²) in [6.07, 6.45) is 1.41. The molecule has 7 heteroatoms. The number of nitrogens with zero attached hydrogens (tertiary/aromatic N) is 3. The van der Waals surface area contributed by atoms with Gasteiger partial charge in [-0.3, -0.25) is 4.79 Å². The first-order chi connectivity index (χ1) is 10.4. The van der Waals surface area contributed by atoms with Crippen molar-refractivity contribution in [2.75, 3.05) is 7.11 Å². The highest BCUT2D eigenvalue weighted by Gasteiger charge is 2.55. The van der Waals surface area contributed by atoms with E-state index >= 15 is 0 Å². The van der Waals surface area contributed by atoms with Gasteiger partial charge in [-0.15, -0.1) is 5.10 Å². The third-order valence-electron chi connectivity index (χ3n) is 4.09. The van der Waals surface area contributed by atoms with Gasteiger partial charge in [0.1, 0.15) is 11.5 Å². The average molecular weight is 366 g/mol. The van der Waals surface area contributed by atoms with E-state index in [9.17, 15) is 9.90 Å². The largest absolute Gasteiger partial charge is 0.468 e. The van der Waals surface area contributed by atoms with Crippen LogP contribution in [0.5, 0.6) is 0 Å². The fourth-order valence-electron chi connectivity index (χ4n) is 2.98. The van der Waals surface area contributed by atoms with Crippen molar-refractivity contribution in [3.8, 4) is 0 Å². The van der Waals surface area contributed by atoms with Crippen LogP contribution >= 0.6 is 15.9 Å². The number of hydrogen-bond acceptors (Lipinski definition) is 5. The van der Waals surface area contributed by atoms with E-state index in [0.29, 0.717) is 18.5 Å². The predicted molar refractivity (Wildman–Crippen MR) is 83.2 cm³/mol. The molecule has 0 aliphatic heterocycles. The van der Waals surface area contributed by atoms with Crippen LogP contribution in [0, 0.1) is 12.3 Å². The highest BCUT2D eigenvalue weighted by atomic mass is 79.9. The van der Waals surface area contributed by atoms with Crippen LogP contribution in [0.15, 0.2) is 28.9 Å². The second kappa shape index (κ2) is 5.17. The summed E-state index contributed by atoms with van der Waals surface area (Å²) < 4.78 is 7.31. The Kier molecular flexibility index (Phi) is 3.57. The van der Waals surface area contributed by atoms with Crippen LogP contribution in [-0.2, 0) is 9.53 Å². The number of halogens is 1. The number of rotatable bonds is 3. The number of aliphatic hydroxyl groups excluding tert-OH is 1. The van der Waals surface area contributed by atoms with Gasteiger partial charge in [0.05, 0.1) is 7.11 Å². The summed E-state index contributed by atoms with van der Waals surface area (Å²) in [6, 6.07) is 1.92. The van der Waals surface area contributed by atoms with Crippen LogP contribution < -0.4 is 0 Å². The Bertz CT molecular complexity index is 776. The number of hydrogen-bond donors (Lipinski definition) is 1. The lowest BCUT2D eigenvalue weighted by atomic mass is 9.62. The molecule has 0 aromatic carbocycles. The monoisotopic (exact) mass is 365 g/mol. The molecule has 2 aromatic rings. The zero-order chi connectivity index (χ0) is 16.1. The smallest absolute Gasteiger partial charge is 0.315 e. The summed E-state index contributed by atoms with van der Waals surface area (Å²) >= 11 is 3.40. The van der Waals surface area contributed by atoms with E-state index in [1.165, 1.54) is 7.11 Å². The molecule has 2 aromatic heterocycles. The molecule has 0 amide bonds. The van der Waals surface area contributed by atoms with Gasteiger partial charge in [-0.25, -0.2) is 9.50 Å². The van der Waals surface area contributed by atoms with Gasteiger partial charge in [-0.05, 0) is 47.3 Å². The lowest BCUT2D eigenvalue weighted by Crippen LogP contribution is -2.45. The highest BCUT2D eigenvalue weighted by Crippen LogP contribution is 2.53. The molecule has 1 aliphatic carbocycles. The minimum absolute atomic E-state index is 0.221. The predicted octanol–water partition coefficient (Wildman–Crippen LogP) is 2.34. The quantitative estimate of drug-likeness (QED) is 0.667. The van der Waals surface area contributed by atoms with Crippen molar-refractivity contribution >= 4 is 27.5 Å². The third-order valence-corrected chi connectivity index (χ3v) is 4.52. The third kappa shape index (κ3) is 2.16. The Morgan fingerprint density at radius 3 is 2.86 bits per heavy atom. The Labute approximate surface area is 135 Å². The molecule has 22 heavy (non-hydrogen) atoms. The molecule has 1 saturated carbocycles. The number of ether oxygens (including phenoxy) is 1. The van der Waals surface area contributed by atoms with Crippen LogP contribution in [0.3, 0.4) is 0 Å². The number of carbonyl (C=O) groups is 1. The van der Waals surface area contributed by atoms with Crippen LogP contribution in [0.25, 0.3) is 5.65 Å². The standard InChI is InChI=1S/C15H16BrN3O3/c1-8-5-15(6-8,14(21)22-3)11(20)12-17-13-9(2)4-10(16)7-19(13)18-12/h4,7,11,20H,1,5-6H2,2-3H3. The molecule has 0 bridgehead atoms. The summed E-state index contributed by atoms with van der Waals surface area (Å²) in [6.45, 7) is 5.75. The topological polar surface area (TPSA) is 76.7 Å². The Balaban J connectivity index is 2.04. The van der Waals surface area contributed by atoms with Crippen molar-refractivity contribution in [3.05, 3.63) is 40.3 Å². The van der Waals surface area contributed by atoms with Crippen molar-refractivity contribution in [1.29, 1.82) is 0 Å². The number of aryl methyl sites for hydroxylation is 1. The summed E-state index contributed by atoms with van der Waals surface area (Å²) in [5.41, 5.74) is 1.45. The Morgan fingerprint density at radius 1 is 1.59 bits per heavy atom. The fourth-order valence-corrected chi connectivity index (χ4v) is 3.52. The molecule has 1 fully saturated rings. The van der Waals surface area contributed by atoms with Gasteiger partial charge in [0.15, 0.2) is 11.5 Å². The second-order valence-electron chi connectivity index (χ2n) is 5.73. The molecule has 3 rings (SSSR count). The van der Waals surface area contributed by atoms with Crippen LogP contribution in [0.4, 0.5) is 0 Å². The zero-order valence-electron chi connectivity index (χ0n) is 12.3. The van der Waals surface area contributed by atoms with E-state index in [1.807, 2.05) is 13.0 Å². The van der Waals surface area contributed by atoms with Gasteiger partial charge >= 0.3 is 5.97 Å². The molecule has 2 heterocycles. The van der Waals surface area contributed by atoms with Crippen molar-refractivity contribution < 1.29 is 14.6 Å². The minimum atomic E-state index is -1.12. The molecule has 0 radical (unpaired) electrons. The number of pyridine rings is 1. The van der Waals surface area contributed by atoms with Gasteiger partial charge in [0.25, 0.3) is 0 Å². The van der Waals surface area contributed by atoms with Crippen molar-refractivity contribution in [3.63, 3.8) is 0 Å². The molecule has 116 valence electrons. The highest BCUT2D eigenvalue weighted by molar-refractivity contribution is 9.10. The van der Waals surface area contributed by atoms with Gasteiger partial charge in [0.2, 0.25) is 0 Å². The fraction of sp³-hybridized carbons (Fsp3) is 0.400. The van der Waals surface area contributed by atoms with Crippen molar-refractivity contribution in [2.24, 2.45) is 5.41 Å². The number of aliphatic hydroxyl groups is 1. The molecule has 6 nitrogen and oxygen atoms in total. The summed E-state index contributed by atoms with van der Waals surface area (Å²) in [7, 11) is 1.32. The second-order valence-corrected chi connectivity index (χ2v) is 6.65. The first kappa shape index (κ1) is 15.2. The van der Waals surface area contributed by atoms with Crippen LogP contribution in [0.2, 0.25) is 0 Å². The number of fused-ring (bicyclic) bond motifs is 1. The number of aromatic nitrogens is 3. The molecule has 0 spiro atoms. The summed E-state index contributed by atoms with van der Waals surface area (Å²) in [5.74, 6) is -0.233. The first-order valence-electron chi connectivity index (χ1n) is 6.83. The Hall–Kier alpha value is -1.73. The lowest BCUT2D eigenvalue weighted by Gasteiger charge is -2.42. The van der Waals surface area contributed by atoms with E-state index in [2.05, 4.69) is 32.6 Å². The van der Waals surface area contributed by atoms with E-state index < -0.39 is 17.5 Å². The number of esters is 1. The van der Waals surface area contributed by atoms with Crippen LogP contribution in [-0.4, -0.2) is 32.8 Å². The van der Waals surface area contributed by atoms with Crippen molar-refractivity contribution in [2.45, 2.75) is 25.9 Å². The van der Waals surface area contributed by atoms with E-state index in [-0.39, 0.29) is 5.82 Å². The summed E-state index contributed by atoms with van der Waals surface area (Å²) in [4.78, 5) is 16.5. The average Bonchev–Trinajstić information content (AvgIpc) is 2.86. The van der Waals surface area contributed by atoms with E-state index in [1.54, 1.807) is 10.7 Å². The minimum Gasteiger partial charge on any atom is -0.468 e. The molecule has 1 atom stereocenters. The number of methoxy groups -OCH3 is 1. The zero-order valence-corrected chi connectivity index (χ0v) is 13.9. The Morgan fingerprint density at radius 2 is 2.27 bits per heavy atom. The molecule has 1 N–H and O–H groups in total. The maximum atomic E-state index is 12.1. The van der Waals surface area contributed by atoms with E-state index in [4.69, 9.17) is 4.74 Å². The van der Waals surface area contributed by atoms with E-state index in [0.717, 1.165) is 15.6 Å². The normalized spacial score (nSPS) is 18.1. The molecule has 0 saturated heterocycles. The molecular weight excluding hydrogens is 350 g/mol. The lowest BCUT2D eigenvalue weighted by molar-refractivity contribution is -0.166.